The molecular weight excluding hydrogens is 128 g/mol. The second kappa shape index (κ2) is 5.23. The van der Waals surface area contributed by atoms with Gasteiger partial charge in [-0.3, -0.25) is 5.41 Å². The zero-order valence-electron chi connectivity index (χ0n) is 6.72. The van der Waals surface area contributed by atoms with E-state index in [9.17, 15) is 0 Å². The lowest BCUT2D eigenvalue weighted by Gasteiger charge is -2.16. The van der Waals surface area contributed by atoms with Crippen LogP contribution in [0.4, 0.5) is 0 Å². The Morgan fingerprint density at radius 1 is 1.50 bits per heavy atom. The molecule has 0 aromatic rings. The average Bonchev–Trinajstić information content (AvgIpc) is 1.88. The van der Waals surface area contributed by atoms with Crippen LogP contribution in [0.3, 0.4) is 0 Å². The van der Waals surface area contributed by atoms with E-state index in [1.807, 2.05) is 11.9 Å². The van der Waals surface area contributed by atoms with Gasteiger partial charge in [0.15, 0.2) is 0 Å². The van der Waals surface area contributed by atoms with Gasteiger partial charge in [-0.25, -0.2) is 0 Å². The van der Waals surface area contributed by atoms with Crippen LogP contribution in [0.5, 0.6) is 0 Å². The monoisotopic (exact) mass is 144 g/mol. The molecule has 0 bridgehead atoms. The van der Waals surface area contributed by atoms with Crippen molar-refractivity contribution < 1.29 is 5.11 Å². The highest BCUT2D eigenvalue weighted by atomic mass is 16.2. The van der Waals surface area contributed by atoms with Crippen molar-refractivity contribution in [2.24, 2.45) is 0 Å². The minimum Gasteiger partial charge on any atom is -0.396 e. The molecule has 0 saturated carbocycles. The zero-order valence-corrected chi connectivity index (χ0v) is 6.72. The van der Waals surface area contributed by atoms with Crippen molar-refractivity contribution in [2.45, 2.75) is 19.8 Å². The summed E-state index contributed by atoms with van der Waals surface area (Å²) >= 11 is 0. The number of nitrogens with zero attached hydrogens (tertiary/aromatic N) is 1. The number of unbranched alkanes of at least 4 members (excludes halogenated alkanes) is 1. The topological polar surface area (TPSA) is 47.3 Å². The van der Waals surface area contributed by atoms with Gasteiger partial charge in [-0.2, -0.15) is 0 Å². The summed E-state index contributed by atoms with van der Waals surface area (Å²) in [5.41, 5.74) is 0. The van der Waals surface area contributed by atoms with E-state index < -0.39 is 0 Å². The van der Waals surface area contributed by atoms with E-state index in [0.29, 0.717) is 5.84 Å². The maximum atomic E-state index is 8.45. The molecular formula is C7H16N2O. The summed E-state index contributed by atoms with van der Waals surface area (Å²) in [6, 6.07) is 0. The molecule has 3 nitrogen and oxygen atoms in total. The minimum atomic E-state index is 0.255. The number of aliphatic hydroxyl groups is 1. The van der Waals surface area contributed by atoms with Gasteiger partial charge in [0.2, 0.25) is 0 Å². The largest absolute Gasteiger partial charge is 0.396 e. The SMILES string of the molecule is CC(=N)N(C)CCCCO. The van der Waals surface area contributed by atoms with Crippen molar-refractivity contribution in [1.82, 2.24) is 4.90 Å². The third kappa shape index (κ3) is 4.32. The van der Waals surface area contributed by atoms with Gasteiger partial charge in [0.05, 0.1) is 5.84 Å². The van der Waals surface area contributed by atoms with Crippen LogP contribution in [0.25, 0.3) is 0 Å². The first-order valence-corrected chi connectivity index (χ1v) is 3.55. The molecule has 0 atom stereocenters. The fraction of sp³-hybridized carbons (Fsp3) is 0.857. The number of amidine groups is 1. The van der Waals surface area contributed by atoms with Crippen molar-refractivity contribution in [1.29, 1.82) is 5.41 Å². The Bertz CT molecular complexity index is 104. The van der Waals surface area contributed by atoms with Gasteiger partial charge >= 0.3 is 0 Å². The number of hydrogen-bond donors (Lipinski definition) is 2. The molecule has 60 valence electrons. The van der Waals surface area contributed by atoms with Gasteiger partial charge in [-0.1, -0.05) is 0 Å². The number of nitrogens with one attached hydrogen (secondary N) is 1. The Morgan fingerprint density at radius 3 is 2.50 bits per heavy atom. The van der Waals surface area contributed by atoms with Crippen LogP contribution in [-0.2, 0) is 0 Å². The maximum absolute atomic E-state index is 8.45. The molecule has 0 aromatic carbocycles. The Kier molecular flexibility index (Phi) is 4.94. The summed E-state index contributed by atoms with van der Waals surface area (Å²) < 4.78 is 0. The summed E-state index contributed by atoms with van der Waals surface area (Å²) in [6.07, 6.45) is 1.79. The molecule has 0 aliphatic carbocycles. The first-order chi connectivity index (χ1) is 4.68. The summed E-state index contributed by atoms with van der Waals surface area (Å²) in [6.45, 7) is 2.89. The number of aliphatic hydroxyl groups excluding tert-OH is 1. The van der Waals surface area contributed by atoms with Crippen LogP contribution in [-0.4, -0.2) is 36.0 Å². The molecule has 0 amide bonds. The standard InChI is InChI=1S/C7H16N2O/c1-7(8)9(2)5-3-4-6-10/h8,10H,3-6H2,1-2H3. The fourth-order valence-electron chi connectivity index (χ4n) is 0.628. The van der Waals surface area contributed by atoms with Crippen molar-refractivity contribution >= 4 is 5.84 Å². The molecule has 0 radical (unpaired) electrons. The van der Waals surface area contributed by atoms with Gasteiger partial charge in [-0.15, -0.1) is 0 Å². The maximum Gasteiger partial charge on any atom is 0.0923 e. The van der Waals surface area contributed by atoms with Crippen LogP contribution in [0.1, 0.15) is 19.8 Å². The van der Waals surface area contributed by atoms with Crippen LogP contribution >= 0.6 is 0 Å². The second-order valence-corrected chi connectivity index (χ2v) is 2.44. The lowest BCUT2D eigenvalue weighted by molar-refractivity contribution is 0.278. The molecule has 0 fully saturated rings. The molecule has 3 heteroatoms. The van der Waals surface area contributed by atoms with E-state index in [4.69, 9.17) is 10.5 Å². The predicted molar refractivity (Wildman–Crippen MR) is 42.4 cm³/mol. The van der Waals surface area contributed by atoms with E-state index in [0.717, 1.165) is 19.4 Å². The summed E-state index contributed by atoms with van der Waals surface area (Å²) in [5, 5.41) is 15.6. The second-order valence-electron chi connectivity index (χ2n) is 2.44. The highest BCUT2D eigenvalue weighted by Gasteiger charge is 1.95. The Morgan fingerprint density at radius 2 is 2.10 bits per heavy atom. The van der Waals surface area contributed by atoms with E-state index in [1.165, 1.54) is 0 Å². The van der Waals surface area contributed by atoms with E-state index in [-0.39, 0.29) is 6.61 Å². The molecule has 0 spiro atoms. The molecule has 0 aromatic heterocycles. The van der Waals surface area contributed by atoms with Gasteiger partial charge in [0, 0.05) is 20.2 Å². The quantitative estimate of drug-likeness (QED) is 0.346. The summed E-state index contributed by atoms with van der Waals surface area (Å²) in [5.74, 6) is 0.581. The fourth-order valence-corrected chi connectivity index (χ4v) is 0.628. The molecule has 0 unspecified atom stereocenters. The van der Waals surface area contributed by atoms with Crippen LogP contribution in [0.2, 0.25) is 0 Å². The van der Waals surface area contributed by atoms with Crippen LogP contribution in [0.15, 0.2) is 0 Å². The third-order valence-electron chi connectivity index (χ3n) is 1.47. The molecule has 0 aliphatic heterocycles. The molecule has 0 saturated heterocycles. The molecule has 0 heterocycles. The highest BCUT2D eigenvalue weighted by molar-refractivity contribution is 5.75. The van der Waals surface area contributed by atoms with Gasteiger partial charge in [0.1, 0.15) is 0 Å². The van der Waals surface area contributed by atoms with Crippen molar-refractivity contribution in [3.05, 3.63) is 0 Å². The van der Waals surface area contributed by atoms with Gasteiger partial charge in [0.25, 0.3) is 0 Å². The smallest absolute Gasteiger partial charge is 0.0923 e. The summed E-state index contributed by atoms with van der Waals surface area (Å²) in [4.78, 5) is 1.87. The highest BCUT2D eigenvalue weighted by Crippen LogP contribution is 1.91. The first-order valence-electron chi connectivity index (χ1n) is 3.55. The molecule has 10 heavy (non-hydrogen) atoms. The Hall–Kier alpha value is -0.570. The lowest BCUT2D eigenvalue weighted by Crippen LogP contribution is -2.24. The van der Waals surface area contributed by atoms with E-state index in [1.54, 1.807) is 6.92 Å². The zero-order chi connectivity index (χ0) is 7.98. The molecule has 0 rings (SSSR count). The molecule has 2 N–H and O–H groups in total. The van der Waals surface area contributed by atoms with Crippen molar-refractivity contribution in [3.63, 3.8) is 0 Å². The minimum absolute atomic E-state index is 0.255. The van der Waals surface area contributed by atoms with Crippen molar-refractivity contribution in [3.8, 4) is 0 Å². The van der Waals surface area contributed by atoms with Crippen molar-refractivity contribution in [2.75, 3.05) is 20.2 Å². The first kappa shape index (κ1) is 9.43. The van der Waals surface area contributed by atoms with Gasteiger partial charge < -0.3 is 10.0 Å². The normalized spacial score (nSPS) is 9.50. The lowest BCUT2D eigenvalue weighted by atomic mass is 10.3. The third-order valence-corrected chi connectivity index (χ3v) is 1.47. The Labute approximate surface area is 62.2 Å². The average molecular weight is 144 g/mol. The summed E-state index contributed by atoms with van der Waals surface area (Å²) in [7, 11) is 1.89. The Balaban J connectivity index is 3.21. The number of rotatable bonds is 4. The van der Waals surface area contributed by atoms with Gasteiger partial charge in [-0.05, 0) is 19.8 Å². The van der Waals surface area contributed by atoms with Crippen LogP contribution in [0, 0.1) is 5.41 Å². The van der Waals surface area contributed by atoms with E-state index in [2.05, 4.69) is 0 Å². The predicted octanol–water partition coefficient (Wildman–Crippen LogP) is 0.688. The number of hydrogen-bond acceptors (Lipinski definition) is 2. The molecule has 0 aliphatic rings. The van der Waals surface area contributed by atoms with Crippen LogP contribution < -0.4 is 0 Å². The van der Waals surface area contributed by atoms with E-state index >= 15 is 0 Å².